The van der Waals surface area contributed by atoms with Crippen LogP contribution in [0.25, 0.3) is 44.7 Å². The second-order valence-corrected chi connectivity index (χ2v) is 29.8. The van der Waals surface area contributed by atoms with Crippen LogP contribution in [0.1, 0.15) is 95.9 Å². The highest BCUT2D eigenvalue weighted by Gasteiger charge is 2.53. The van der Waals surface area contributed by atoms with E-state index in [1.54, 1.807) is 55.3 Å². The summed E-state index contributed by atoms with van der Waals surface area (Å²) in [5.74, 6) is -3.09. The number of hydrogen-bond acceptors (Lipinski definition) is 23. The maximum Gasteiger partial charge on any atom is 0.319 e. The maximum atomic E-state index is 16.6. The van der Waals surface area contributed by atoms with Crippen LogP contribution in [-0.4, -0.2) is 179 Å². The van der Waals surface area contributed by atoms with Crippen LogP contribution in [-0.2, 0) is 97.1 Å². The molecular weight excluding hydrogens is 1440 g/mol. The zero-order valence-corrected chi connectivity index (χ0v) is 61.7. The number of aliphatic hydroxyl groups is 1. The Bertz CT molecular complexity index is 4670. The smallest absolute Gasteiger partial charge is 0.319 e. The van der Waals surface area contributed by atoms with Crippen molar-refractivity contribution in [2.75, 3.05) is 62.9 Å². The van der Waals surface area contributed by atoms with Crippen molar-refractivity contribution >= 4 is 96.9 Å². The number of anilines is 2. The first kappa shape index (κ1) is 76.5. The zero-order valence-electron chi connectivity index (χ0n) is 58.8. The van der Waals surface area contributed by atoms with Gasteiger partial charge in [0.1, 0.15) is 67.1 Å². The lowest BCUT2D eigenvalue weighted by Crippen LogP contribution is -2.52. The molecule has 10 atom stereocenters. The molecule has 37 heteroatoms. The minimum atomic E-state index is -3.55. The summed E-state index contributed by atoms with van der Waals surface area (Å²) in [5, 5.41) is 37.5. The molecule has 0 aliphatic carbocycles. The van der Waals surface area contributed by atoms with Crippen LogP contribution in [0.2, 0.25) is 0 Å². The number of nitrogens with one attached hydrogen (secondary N) is 6. The van der Waals surface area contributed by atoms with E-state index in [1.807, 2.05) is 53.2 Å². The molecule has 6 amide bonds. The Morgan fingerprint density at radius 1 is 0.811 bits per heavy atom. The van der Waals surface area contributed by atoms with Crippen LogP contribution in [0, 0.1) is 5.41 Å². The van der Waals surface area contributed by atoms with Crippen molar-refractivity contribution in [1.82, 2.24) is 75.2 Å². The number of nitrogens with zero attached hydrogens (tertiary/aromatic N) is 11. The number of benzene rings is 3. The number of alkyl halides is 1. The molecule has 0 radical (unpaired) electrons. The van der Waals surface area contributed by atoms with Crippen LogP contribution in [0.3, 0.4) is 0 Å². The monoisotopic (exact) mass is 1520 g/mol. The van der Waals surface area contributed by atoms with E-state index in [0.717, 1.165) is 52.6 Å². The third-order valence-electron chi connectivity index (χ3n) is 19.7. The molecule has 2 unspecified atom stereocenters. The number of hydrogen-bond donors (Lipinski definition) is 8. The fourth-order valence-electron chi connectivity index (χ4n) is 13.5. The highest BCUT2D eigenvalue weighted by atomic mass is 32.7. The normalized spacial score (nSPS) is 20.4. The van der Waals surface area contributed by atoms with Crippen LogP contribution in [0.15, 0.2) is 109 Å². The average Bonchev–Trinajstić information content (AvgIpc) is 1.55. The first-order chi connectivity index (χ1) is 51.0. The van der Waals surface area contributed by atoms with Crippen molar-refractivity contribution in [3.63, 3.8) is 0 Å². The fourth-order valence-corrected chi connectivity index (χ4v) is 14.9. The predicted molar refractivity (Wildman–Crippen MR) is 388 cm³/mol. The van der Waals surface area contributed by atoms with Gasteiger partial charge in [-0.2, -0.15) is 0 Å². The number of carbonyl (C=O) groups is 6. The SMILES string of the molecule is CCC(C)(CC)n1nnc2c1-c1ccccc1N(C(=O)CCC(=O)NCC(=O)NCC(=O)N[C@@H](Cc1ccccc1)C(=O)NCC(=O)NCOCCn1cnc3c(ncn3[C@@H]3O[C@H](CO[PH](=O)O[C@H]4[C@@H](F)[C@H](n5cc6c7c(ncnc75)NCCC6)O[C@@H]4CO[PH](=O)S)[C@@H](O)C3(C)C)c1=O)Cc1ccccc1-2. The van der Waals surface area contributed by atoms with Gasteiger partial charge in [0.05, 0.1) is 87.3 Å². The summed E-state index contributed by atoms with van der Waals surface area (Å²) in [6.07, 6.45) is -0.991. The molecule has 12 rings (SSSR count). The standard InChI is InChI=1S/C69H84FN17O16P2S/c1-6-69(5,7-2)87-58-44-21-13-14-22-46(44)84(32-41-18-11-12-20-43(41)56(58)81-82-87)53(92)24-23-49(88)72-29-50(89)73-31-52(91)80-45(28-40-16-9-8-10-17-40)64(94)74-30-51(90)79-39-98-27-26-83-37-78-63-57(65(83)95)77-38-86(63)67-68(3,4)60(93)48(102-67)35-99-104(96)103-59-47(34-100-105(97)106)101-66(55(59)70)85-33-42-19-15-25-71-61-54(42)62(85)76-36-75-61/h8-14,16-18,20-22,33,36-38,45,47-48,55,59-60,66-67,93,104-105H,6-7,15,19,23-32,34-35,39H2,1-5H3,(H,72,88)(H,73,89)(H,74,94)(H,79,90)(H,80,91)(H,97,106)(H,71,75,76)/t45-,47+,48+,55+,59+,60+,66+,67+/m0/s1. The molecule has 5 aromatic heterocycles. The molecule has 564 valence electrons. The van der Waals surface area contributed by atoms with Crippen LogP contribution in [0.5, 0.6) is 0 Å². The molecule has 33 nitrogen and oxygen atoms in total. The number of aryl methyl sites for hydroxylation is 1. The van der Waals surface area contributed by atoms with Gasteiger partial charge in [0.15, 0.2) is 23.6 Å². The quantitative estimate of drug-likeness (QED) is 0.0123. The van der Waals surface area contributed by atoms with Crippen molar-refractivity contribution in [1.29, 1.82) is 0 Å². The Hall–Kier alpha value is -9.15. The molecule has 106 heavy (non-hydrogen) atoms. The molecule has 4 aliphatic rings. The minimum absolute atomic E-state index is 0.0205. The molecule has 4 aliphatic heterocycles. The molecule has 2 fully saturated rings. The van der Waals surface area contributed by atoms with Crippen molar-refractivity contribution in [2.45, 2.75) is 147 Å². The van der Waals surface area contributed by atoms with E-state index < -0.39 is 138 Å². The van der Waals surface area contributed by atoms with Crippen LogP contribution >= 0.6 is 27.7 Å². The number of aliphatic hydroxyl groups excluding tert-OH is 1. The number of ether oxygens (including phenoxy) is 3. The summed E-state index contributed by atoms with van der Waals surface area (Å²) < 4.78 is 82.8. The van der Waals surface area contributed by atoms with Gasteiger partial charge in [0, 0.05) is 48.5 Å². The number of rotatable bonds is 31. The van der Waals surface area contributed by atoms with E-state index in [0.29, 0.717) is 41.4 Å². The highest BCUT2D eigenvalue weighted by molar-refractivity contribution is 8.39. The van der Waals surface area contributed by atoms with Gasteiger partial charge < -0.3 is 74.3 Å². The number of carbonyl (C=O) groups excluding carboxylic acids is 6. The van der Waals surface area contributed by atoms with Gasteiger partial charge in [-0.15, -0.1) is 5.10 Å². The molecule has 0 spiro atoms. The topological polar surface area (TPSA) is 402 Å². The lowest BCUT2D eigenvalue weighted by atomic mass is 9.84. The average molecular weight is 1520 g/mol. The summed E-state index contributed by atoms with van der Waals surface area (Å²) in [5.41, 5.74) is 4.66. The molecule has 3 aromatic carbocycles. The zero-order chi connectivity index (χ0) is 75.0. The van der Waals surface area contributed by atoms with Crippen molar-refractivity contribution in [3.8, 4) is 22.5 Å². The Balaban J connectivity index is 0.573. The maximum absolute atomic E-state index is 16.6. The number of aromatic nitrogens is 10. The van der Waals surface area contributed by atoms with E-state index in [4.69, 9.17) is 27.8 Å². The van der Waals surface area contributed by atoms with Gasteiger partial charge >= 0.3 is 8.25 Å². The number of amides is 6. The van der Waals surface area contributed by atoms with Gasteiger partial charge in [-0.3, -0.25) is 51.8 Å². The van der Waals surface area contributed by atoms with E-state index in [-0.39, 0.29) is 68.3 Å². The van der Waals surface area contributed by atoms with Crippen LogP contribution < -0.4 is 42.4 Å². The van der Waals surface area contributed by atoms with E-state index in [9.17, 15) is 47.8 Å². The molecule has 7 N–H and O–H groups in total. The van der Waals surface area contributed by atoms with Crippen LogP contribution in [0.4, 0.5) is 15.9 Å². The summed E-state index contributed by atoms with van der Waals surface area (Å²) in [6.45, 7) is 7.74. The first-order valence-corrected chi connectivity index (χ1v) is 38.6. The summed E-state index contributed by atoms with van der Waals surface area (Å²) >= 11 is 3.84. The Morgan fingerprint density at radius 3 is 2.31 bits per heavy atom. The summed E-state index contributed by atoms with van der Waals surface area (Å²) in [7, 11) is -6.35. The number of halogens is 1. The number of thiol groups is 1. The second kappa shape index (κ2) is 33.7. The van der Waals surface area contributed by atoms with Gasteiger partial charge in [-0.1, -0.05) is 118 Å². The van der Waals surface area contributed by atoms with E-state index in [2.05, 4.69) is 95.2 Å². The Labute approximate surface area is 613 Å². The summed E-state index contributed by atoms with van der Waals surface area (Å²) in [4.78, 5) is 113. The van der Waals surface area contributed by atoms with Gasteiger partial charge in [-0.05, 0) is 55.4 Å². The van der Waals surface area contributed by atoms with Crippen molar-refractivity contribution in [3.05, 3.63) is 131 Å². The Kier molecular flexibility index (Phi) is 24.4. The van der Waals surface area contributed by atoms with Gasteiger partial charge in [0.25, 0.3) is 5.56 Å². The molecule has 0 saturated carbocycles. The highest BCUT2D eigenvalue weighted by Crippen LogP contribution is 2.49. The van der Waals surface area contributed by atoms with Crippen molar-refractivity contribution < 1.29 is 75.2 Å². The molecular formula is C69H84FN17O16P2S. The summed E-state index contributed by atoms with van der Waals surface area (Å²) in [6, 6.07) is 22.9. The molecule has 8 aromatic rings. The third kappa shape index (κ3) is 16.8. The number of fused-ring (bicyclic) bond motifs is 6. The lowest BCUT2D eigenvalue weighted by Gasteiger charge is -2.32. The van der Waals surface area contributed by atoms with Gasteiger partial charge in [-0.25, -0.2) is 29.0 Å². The first-order valence-electron chi connectivity index (χ1n) is 34.8. The fraction of sp³-hybridized carbons (Fsp3) is 0.464. The van der Waals surface area contributed by atoms with Gasteiger partial charge in [0.2, 0.25) is 42.7 Å². The van der Waals surface area contributed by atoms with E-state index in [1.165, 1.54) is 32.7 Å². The lowest BCUT2D eigenvalue weighted by molar-refractivity contribution is -0.131. The number of para-hydroxylation sites is 1. The predicted octanol–water partition coefficient (Wildman–Crippen LogP) is 5.00. The second-order valence-electron chi connectivity index (χ2n) is 26.9. The molecule has 9 heterocycles. The Morgan fingerprint density at radius 2 is 1.53 bits per heavy atom. The largest absolute Gasteiger partial charge is 0.390 e. The molecule has 0 bridgehead atoms. The molecule has 2 saturated heterocycles. The minimum Gasteiger partial charge on any atom is -0.390 e. The van der Waals surface area contributed by atoms with E-state index >= 15 is 4.39 Å². The third-order valence-corrected chi connectivity index (χ3v) is 21.4. The van der Waals surface area contributed by atoms with Crippen molar-refractivity contribution in [2.24, 2.45) is 5.41 Å². The number of imidazole rings is 1.